The van der Waals surface area contributed by atoms with Crippen LogP contribution in [-0.2, 0) is 20.0 Å². The third-order valence-electron chi connectivity index (χ3n) is 4.67. The number of carbonyl (C=O) groups excluding carboxylic acids is 2. The van der Waals surface area contributed by atoms with Gasteiger partial charge in [-0.15, -0.1) is 0 Å². The molecular weight excluding hydrogens is 405 g/mol. The number of ether oxygens (including phenoxy) is 1. The van der Waals surface area contributed by atoms with Crippen molar-refractivity contribution in [1.29, 1.82) is 0 Å². The third kappa shape index (κ3) is 2.79. The lowest BCUT2D eigenvalue weighted by Crippen LogP contribution is -2.68. The summed E-state index contributed by atoms with van der Waals surface area (Å²) in [5.74, 6) is -2.09. The second kappa shape index (κ2) is 6.84. The zero-order valence-electron chi connectivity index (χ0n) is 15.1. The number of anilines is 1. The van der Waals surface area contributed by atoms with Gasteiger partial charge in [-0.3, -0.25) is 9.69 Å². The number of carbonyl (C=O) groups is 2. The third-order valence-corrected chi connectivity index (χ3v) is 5.81. The fourth-order valence-electron chi connectivity index (χ4n) is 3.49. The largest absolute Gasteiger partial charge is 0.462 e. The van der Waals surface area contributed by atoms with Crippen LogP contribution in [-0.4, -0.2) is 24.7 Å². The Morgan fingerprint density at radius 1 is 1.14 bits per heavy atom. The minimum absolute atomic E-state index is 0.0103. The summed E-state index contributed by atoms with van der Waals surface area (Å²) in [6.45, 7) is 1.55. The minimum atomic E-state index is -4.90. The molecule has 0 bridgehead atoms. The summed E-state index contributed by atoms with van der Waals surface area (Å²) >= 11 is 0.943. The molecule has 2 aliphatic rings. The average Bonchev–Trinajstić information content (AvgIpc) is 3.06. The van der Waals surface area contributed by atoms with E-state index >= 15 is 0 Å². The average molecular weight is 420 g/mol. The van der Waals surface area contributed by atoms with E-state index in [1.807, 2.05) is 0 Å². The van der Waals surface area contributed by atoms with Gasteiger partial charge in [0.2, 0.25) is 5.66 Å². The molecule has 1 amide bonds. The van der Waals surface area contributed by atoms with Crippen LogP contribution in [0.15, 0.2) is 70.1 Å². The van der Waals surface area contributed by atoms with Crippen LogP contribution in [0, 0.1) is 0 Å². The number of benzene rings is 2. The monoisotopic (exact) mass is 420 g/mol. The van der Waals surface area contributed by atoms with Gasteiger partial charge in [-0.1, -0.05) is 54.2 Å². The van der Waals surface area contributed by atoms with Crippen molar-refractivity contribution in [2.24, 2.45) is 0 Å². The first-order chi connectivity index (χ1) is 13.8. The molecule has 0 unspecified atom stereocenters. The van der Waals surface area contributed by atoms with E-state index in [1.165, 1.54) is 30.3 Å². The van der Waals surface area contributed by atoms with Crippen molar-refractivity contribution in [2.75, 3.05) is 11.5 Å². The number of esters is 1. The summed E-state index contributed by atoms with van der Waals surface area (Å²) in [4.78, 5) is 26.8. The van der Waals surface area contributed by atoms with Crippen LogP contribution in [0.2, 0.25) is 0 Å². The Morgan fingerprint density at radius 2 is 1.79 bits per heavy atom. The van der Waals surface area contributed by atoms with Crippen LogP contribution in [0.1, 0.15) is 12.5 Å². The second-order valence-corrected chi connectivity index (χ2v) is 7.36. The lowest BCUT2D eigenvalue weighted by Gasteiger charge is -2.47. The van der Waals surface area contributed by atoms with E-state index in [2.05, 4.69) is 5.32 Å². The molecule has 150 valence electrons. The van der Waals surface area contributed by atoms with Gasteiger partial charge in [-0.2, -0.15) is 13.2 Å². The summed E-state index contributed by atoms with van der Waals surface area (Å²) in [7, 11) is 0. The van der Waals surface area contributed by atoms with Gasteiger partial charge in [0.25, 0.3) is 5.91 Å². The topological polar surface area (TPSA) is 58.6 Å². The fraction of sp³-hybridized carbons (Fsp3) is 0.200. The van der Waals surface area contributed by atoms with E-state index in [9.17, 15) is 22.8 Å². The van der Waals surface area contributed by atoms with Crippen molar-refractivity contribution < 1.29 is 27.5 Å². The Labute approximate surface area is 168 Å². The van der Waals surface area contributed by atoms with E-state index in [0.717, 1.165) is 16.7 Å². The number of para-hydroxylation sites is 1. The van der Waals surface area contributed by atoms with Gasteiger partial charge < -0.3 is 10.1 Å². The molecule has 1 N–H and O–H groups in total. The number of hydrogen-bond donors (Lipinski definition) is 1. The van der Waals surface area contributed by atoms with Crippen LogP contribution in [0.3, 0.4) is 0 Å². The lowest BCUT2D eigenvalue weighted by molar-refractivity contribution is -0.202. The Kier molecular flexibility index (Phi) is 4.57. The smallest absolute Gasteiger partial charge is 0.435 e. The van der Waals surface area contributed by atoms with Gasteiger partial charge in [0, 0.05) is 10.5 Å². The standard InChI is InChI=1S/C20H15F3N2O3S/c1-2-28-18(27)15-16(26)24-19(20(21,22)23,12-8-4-3-5-9-12)25-13-10-6-7-11-14(13)29-17(15)25/h3-11H,2H2,1H3,(H,24,26)/t19-/m0/s1. The molecule has 0 fully saturated rings. The predicted molar refractivity (Wildman–Crippen MR) is 101 cm³/mol. The first-order valence-electron chi connectivity index (χ1n) is 8.74. The molecule has 0 radical (unpaired) electrons. The molecule has 4 rings (SSSR count). The number of fused-ring (bicyclic) bond motifs is 3. The minimum Gasteiger partial charge on any atom is -0.462 e. The lowest BCUT2D eigenvalue weighted by atomic mass is 9.92. The Morgan fingerprint density at radius 3 is 2.45 bits per heavy atom. The van der Waals surface area contributed by atoms with E-state index in [-0.39, 0.29) is 22.9 Å². The molecule has 5 nitrogen and oxygen atoms in total. The van der Waals surface area contributed by atoms with Gasteiger partial charge in [0.05, 0.1) is 12.3 Å². The first-order valence-corrected chi connectivity index (χ1v) is 9.56. The molecule has 9 heteroatoms. The maximum atomic E-state index is 14.7. The number of rotatable bonds is 3. The molecule has 0 aromatic heterocycles. The van der Waals surface area contributed by atoms with Crippen molar-refractivity contribution in [1.82, 2.24) is 5.32 Å². The summed E-state index contributed by atoms with van der Waals surface area (Å²) in [6, 6.07) is 13.6. The molecule has 29 heavy (non-hydrogen) atoms. The van der Waals surface area contributed by atoms with Crippen LogP contribution >= 0.6 is 11.8 Å². The first kappa shape index (κ1) is 19.4. The van der Waals surface area contributed by atoms with E-state index in [4.69, 9.17) is 4.74 Å². The SMILES string of the molecule is CCOC(=O)C1=C2Sc3ccccc3N2[C@@](c2ccccc2)(C(F)(F)F)NC1=O. The summed E-state index contributed by atoms with van der Waals surface area (Å²) in [5.41, 5.74) is -3.23. The molecule has 0 saturated carbocycles. The quantitative estimate of drug-likeness (QED) is 0.603. The number of halogens is 3. The zero-order valence-corrected chi connectivity index (χ0v) is 15.9. The molecule has 2 heterocycles. The number of alkyl halides is 3. The number of thioether (sulfide) groups is 1. The zero-order chi connectivity index (χ0) is 20.8. The van der Waals surface area contributed by atoms with Gasteiger partial charge in [0.15, 0.2) is 5.57 Å². The van der Waals surface area contributed by atoms with Gasteiger partial charge in [-0.05, 0) is 19.1 Å². The van der Waals surface area contributed by atoms with Crippen molar-refractivity contribution in [3.63, 3.8) is 0 Å². The molecule has 1 atom stereocenters. The Hall–Kier alpha value is -2.94. The highest BCUT2D eigenvalue weighted by atomic mass is 32.2. The molecular formula is C20H15F3N2O3S. The van der Waals surface area contributed by atoms with Crippen molar-refractivity contribution in [2.45, 2.75) is 23.7 Å². The second-order valence-electron chi connectivity index (χ2n) is 6.33. The van der Waals surface area contributed by atoms with Crippen LogP contribution in [0.5, 0.6) is 0 Å². The highest BCUT2D eigenvalue weighted by molar-refractivity contribution is 8.03. The summed E-state index contributed by atoms with van der Waals surface area (Å²) in [6.07, 6.45) is -4.90. The van der Waals surface area contributed by atoms with Gasteiger partial charge >= 0.3 is 12.1 Å². The highest BCUT2D eigenvalue weighted by Crippen LogP contribution is 2.57. The maximum absolute atomic E-state index is 14.7. The summed E-state index contributed by atoms with van der Waals surface area (Å²) in [5, 5.41) is 1.98. The predicted octanol–water partition coefficient (Wildman–Crippen LogP) is 3.92. The molecule has 2 aromatic carbocycles. The van der Waals surface area contributed by atoms with Crippen molar-refractivity contribution in [3.05, 3.63) is 70.8 Å². The van der Waals surface area contributed by atoms with Crippen molar-refractivity contribution in [3.8, 4) is 0 Å². The van der Waals surface area contributed by atoms with Crippen LogP contribution in [0.4, 0.5) is 18.9 Å². The van der Waals surface area contributed by atoms with Crippen LogP contribution < -0.4 is 10.2 Å². The van der Waals surface area contributed by atoms with Gasteiger partial charge in [-0.25, -0.2) is 4.79 Å². The molecule has 0 aliphatic carbocycles. The van der Waals surface area contributed by atoms with Gasteiger partial charge in [0.1, 0.15) is 5.03 Å². The van der Waals surface area contributed by atoms with Crippen LogP contribution in [0.25, 0.3) is 0 Å². The summed E-state index contributed by atoms with van der Waals surface area (Å²) < 4.78 is 48.9. The Balaban J connectivity index is 2.05. The number of amides is 1. The number of nitrogens with one attached hydrogen (secondary N) is 1. The highest BCUT2D eigenvalue weighted by Gasteiger charge is 2.66. The van der Waals surface area contributed by atoms with E-state index in [1.54, 1.807) is 31.2 Å². The normalized spacial score (nSPS) is 20.8. The molecule has 2 aromatic rings. The maximum Gasteiger partial charge on any atom is 0.435 e. The number of nitrogens with zero attached hydrogens (tertiary/aromatic N) is 1. The molecule has 2 aliphatic heterocycles. The van der Waals surface area contributed by atoms with E-state index in [0.29, 0.717) is 4.90 Å². The number of hydrogen-bond acceptors (Lipinski definition) is 5. The Bertz CT molecular complexity index is 1020. The van der Waals surface area contributed by atoms with E-state index < -0.39 is 29.3 Å². The fourth-order valence-corrected chi connectivity index (χ4v) is 4.71. The molecule has 0 saturated heterocycles. The molecule has 0 spiro atoms. The van der Waals surface area contributed by atoms with Crippen molar-refractivity contribution >= 4 is 29.3 Å².